The predicted molar refractivity (Wildman–Crippen MR) is 66.8 cm³/mol. The average Bonchev–Trinajstić information content (AvgIpc) is 2.65. The minimum absolute atomic E-state index is 0.00222. The first-order valence-corrected chi connectivity index (χ1v) is 5.75. The van der Waals surface area contributed by atoms with Crippen molar-refractivity contribution < 1.29 is 9.53 Å². The molecule has 1 fully saturated rings. The lowest BCUT2D eigenvalue weighted by Gasteiger charge is -2.23. The number of ether oxygens (including phenoxy) is 1. The van der Waals surface area contributed by atoms with E-state index >= 15 is 0 Å². The van der Waals surface area contributed by atoms with Crippen LogP contribution >= 0.6 is 0 Å². The largest absolute Gasteiger partial charge is 0.367 e. The molecular weight excluding hydrogens is 220 g/mol. The highest BCUT2D eigenvalue weighted by Gasteiger charge is 2.28. The summed E-state index contributed by atoms with van der Waals surface area (Å²) in [6.45, 7) is 0.565. The summed E-state index contributed by atoms with van der Waals surface area (Å²) >= 11 is 0. The van der Waals surface area contributed by atoms with Gasteiger partial charge in [0.05, 0.1) is 12.6 Å². The summed E-state index contributed by atoms with van der Waals surface area (Å²) in [7, 11) is 7.78. The van der Waals surface area contributed by atoms with E-state index in [1.807, 2.05) is 38.0 Å². The van der Waals surface area contributed by atoms with Gasteiger partial charge in [-0.05, 0) is 12.8 Å². The number of carbonyl (C=O) groups is 1. The minimum Gasteiger partial charge on any atom is -0.367 e. The highest BCUT2D eigenvalue weighted by atomic mass is 16.5. The third kappa shape index (κ3) is 3.89. The van der Waals surface area contributed by atoms with Crippen molar-refractivity contribution >= 4 is 11.9 Å². The molecule has 0 saturated carbocycles. The molecule has 1 saturated heterocycles. The second-order valence-corrected chi connectivity index (χ2v) is 4.66. The van der Waals surface area contributed by atoms with E-state index in [0.717, 1.165) is 12.4 Å². The van der Waals surface area contributed by atoms with Gasteiger partial charge in [0.15, 0.2) is 5.96 Å². The van der Waals surface area contributed by atoms with E-state index in [2.05, 4.69) is 4.99 Å². The SMILES string of the molecule is CN(C)C(=NCC1CCC(C(N)=O)O1)N(C)C. The van der Waals surface area contributed by atoms with Crippen molar-refractivity contribution in [1.29, 1.82) is 0 Å². The normalized spacial score (nSPS) is 23.3. The number of guanidine groups is 1. The lowest BCUT2D eigenvalue weighted by molar-refractivity contribution is -0.128. The molecule has 0 radical (unpaired) electrons. The predicted octanol–water partition coefficient (Wildman–Crippen LogP) is -0.501. The number of primary amides is 1. The fraction of sp³-hybridized carbons (Fsp3) is 0.818. The summed E-state index contributed by atoms with van der Waals surface area (Å²) in [5, 5.41) is 0. The van der Waals surface area contributed by atoms with Gasteiger partial charge in [-0.3, -0.25) is 9.79 Å². The molecule has 1 heterocycles. The van der Waals surface area contributed by atoms with Gasteiger partial charge < -0.3 is 20.3 Å². The summed E-state index contributed by atoms with van der Waals surface area (Å²) in [4.78, 5) is 19.3. The van der Waals surface area contributed by atoms with Gasteiger partial charge in [0.25, 0.3) is 0 Å². The molecule has 1 aliphatic rings. The van der Waals surface area contributed by atoms with Crippen LogP contribution in [0, 0.1) is 0 Å². The number of hydrogen-bond acceptors (Lipinski definition) is 3. The monoisotopic (exact) mass is 242 g/mol. The zero-order valence-electron chi connectivity index (χ0n) is 11.0. The van der Waals surface area contributed by atoms with Crippen LogP contribution < -0.4 is 5.73 Å². The first-order valence-electron chi connectivity index (χ1n) is 5.75. The average molecular weight is 242 g/mol. The second-order valence-electron chi connectivity index (χ2n) is 4.66. The van der Waals surface area contributed by atoms with Crippen molar-refractivity contribution in [3.8, 4) is 0 Å². The van der Waals surface area contributed by atoms with Crippen LogP contribution in [-0.4, -0.2) is 68.6 Å². The molecule has 98 valence electrons. The van der Waals surface area contributed by atoms with Crippen molar-refractivity contribution in [2.45, 2.75) is 25.0 Å². The van der Waals surface area contributed by atoms with E-state index in [4.69, 9.17) is 10.5 Å². The Bertz CT molecular complexity index is 292. The second kappa shape index (κ2) is 5.86. The summed E-state index contributed by atoms with van der Waals surface area (Å²) < 4.78 is 5.51. The number of hydrogen-bond donors (Lipinski definition) is 1. The van der Waals surface area contributed by atoms with Crippen LogP contribution in [0.1, 0.15) is 12.8 Å². The smallest absolute Gasteiger partial charge is 0.246 e. The van der Waals surface area contributed by atoms with Gasteiger partial charge >= 0.3 is 0 Å². The Labute approximate surface area is 102 Å². The van der Waals surface area contributed by atoms with Gasteiger partial charge in [-0.15, -0.1) is 0 Å². The lowest BCUT2D eigenvalue weighted by Crippen LogP contribution is -2.36. The number of amides is 1. The van der Waals surface area contributed by atoms with E-state index in [0.29, 0.717) is 13.0 Å². The van der Waals surface area contributed by atoms with Crippen LogP contribution in [0.5, 0.6) is 0 Å². The summed E-state index contributed by atoms with van der Waals surface area (Å²) in [5.74, 6) is 0.507. The molecule has 1 rings (SSSR count). The van der Waals surface area contributed by atoms with E-state index in [1.165, 1.54) is 0 Å². The maximum absolute atomic E-state index is 10.9. The van der Waals surface area contributed by atoms with Crippen LogP contribution in [0.4, 0.5) is 0 Å². The van der Waals surface area contributed by atoms with Crippen molar-refractivity contribution in [1.82, 2.24) is 9.80 Å². The highest BCUT2D eigenvalue weighted by Crippen LogP contribution is 2.19. The van der Waals surface area contributed by atoms with Crippen molar-refractivity contribution in [3.63, 3.8) is 0 Å². The molecule has 0 bridgehead atoms. The first-order chi connectivity index (χ1) is 7.91. The van der Waals surface area contributed by atoms with Gasteiger partial charge in [0.1, 0.15) is 6.10 Å². The summed E-state index contributed by atoms with van der Waals surface area (Å²) in [5.41, 5.74) is 5.20. The number of nitrogens with two attached hydrogens (primary N) is 1. The van der Waals surface area contributed by atoms with Crippen LogP contribution in [-0.2, 0) is 9.53 Å². The van der Waals surface area contributed by atoms with Crippen molar-refractivity contribution in [3.05, 3.63) is 0 Å². The Morgan fingerprint density at radius 2 is 1.88 bits per heavy atom. The zero-order chi connectivity index (χ0) is 13.0. The van der Waals surface area contributed by atoms with E-state index < -0.39 is 6.10 Å². The maximum Gasteiger partial charge on any atom is 0.246 e. The van der Waals surface area contributed by atoms with Crippen molar-refractivity contribution in [2.24, 2.45) is 10.7 Å². The fourth-order valence-electron chi connectivity index (χ4n) is 1.92. The third-order valence-electron chi connectivity index (χ3n) is 2.66. The van der Waals surface area contributed by atoms with Gasteiger partial charge in [-0.2, -0.15) is 0 Å². The van der Waals surface area contributed by atoms with E-state index in [1.54, 1.807) is 0 Å². The molecule has 17 heavy (non-hydrogen) atoms. The first kappa shape index (κ1) is 13.8. The standard InChI is InChI=1S/C11H22N4O2/c1-14(2)11(15(3)4)13-7-8-5-6-9(17-8)10(12)16/h8-9H,5-7H2,1-4H3,(H2,12,16). The van der Waals surface area contributed by atoms with Crippen LogP contribution in [0.3, 0.4) is 0 Å². The maximum atomic E-state index is 10.9. The molecule has 0 spiro atoms. The number of rotatable bonds is 3. The molecule has 0 aliphatic carbocycles. The molecule has 2 unspecified atom stereocenters. The quantitative estimate of drug-likeness (QED) is 0.535. The van der Waals surface area contributed by atoms with Gasteiger partial charge in [0.2, 0.25) is 5.91 Å². The molecule has 6 nitrogen and oxygen atoms in total. The van der Waals surface area contributed by atoms with Gasteiger partial charge in [0, 0.05) is 28.2 Å². The Balaban J connectivity index is 2.50. The molecule has 2 atom stereocenters. The van der Waals surface area contributed by atoms with Crippen LogP contribution in [0.15, 0.2) is 4.99 Å². The minimum atomic E-state index is -0.433. The number of carbonyl (C=O) groups excluding carboxylic acids is 1. The fourth-order valence-corrected chi connectivity index (χ4v) is 1.92. The van der Waals surface area contributed by atoms with E-state index in [9.17, 15) is 4.79 Å². The topological polar surface area (TPSA) is 71.2 Å². The Morgan fingerprint density at radius 1 is 1.29 bits per heavy atom. The summed E-state index contributed by atoms with van der Waals surface area (Å²) in [6, 6.07) is 0. The Kier molecular flexibility index (Phi) is 4.74. The summed E-state index contributed by atoms with van der Waals surface area (Å²) in [6.07, 6.45) is 1.11. The number of aliphatic imine (C=N–C) groups is 1. The molecule has 1 amide bonds. The number of nitrogens with zero attached hydrogens (tertiary/aromatic N) is 3. The lowest BCUT2D eigenvalue weighted by atomic mass is 10.2. The molecular formula is C11H22N4O2. The molecule has 0 aromatic heterocycles. The van der Waals surface area contributed by atoms with Gasteiger partial charge in [-0.1, -0.05) is 0 Å². The Morgan fingerprint density at radius 3 is 2.29 bits per heavy atom. The highest BCUT2D eigenvalue weighted by molar-refractivity contribution is 5.79. The van der Waals surface area contributed by atoms with Crippen LogP contribution in [0.25, 0.3) is 0 Å². The molecule has 0 aromatic carbocycles. The molecule has 1 aliphatic heterocycles. The van der Waals surface area contributed by atoms with Crippen molar-refractivity contribution in [2.75, 3.05) is 34.7 Å². The van der Waals surface area contributed by atoms with Gasteiger partial charge in [-0.25, -0.2) is 0 Å². The molecule has 2 N–H and O–H groups in total. The molecule has 0 aromatic rings. The third-order valence-corrected chi connectivity index (χ3v) is 2.66. The zero-order valence-corrected chi connectivity index (χ0v) is 11.0. The van der Waals surface area contributed by atoms with E-state index in [-0.39, 0.29) is 12.0 Å². The van der Waals surface area contributed by atoms with Crippen LogP contribution in [0.2, 0.25) is 0 Å². The molecule has 6 heteroatoms. The Hall–Kier alpha value is -1.30.